The molecule has 0 amide bonds. The van der Waals surface area contributed by atoms with Crippen molar-refractivity contribution < 1.29 is 4.74 Å². The van der Waals surface area contributed by atoms with E-state index in [4.69, 9.17) is 17.0 Å². The van der Waals surface area contributed by atoms with Gasteiger partial charge in [-0.05, 0) is 61.2 Å². The van der Waals surface area contributed by atoms with Crippen molar-refractivity contribution >= 4 is 45.8 Å². The van der Waals surface area contributed by atoms with E-state index in [-0.39, 0.29) is 4.08 Å². The monoisotopic (exact) mass is 498 g/mol. The van der Waals surface area contributed by atoms with Crippen LogP contribution in [-0.2, 0) is 0 Å². The summed E-state index contributed by atoms with van der Waals surface area (Å²) in [5.74, 6) is 3.02. The van der Waals surface area contributed by atoms with Crippen LogP contribution in [0.25, 0.3) is 4.91 Å². The van der Waals surface area contributed by atoms with Gasteiger partial charge in [0.25, 0.3) is 0 Å². The first kappa shape index (κ1) is 24.5. The van der Waals surface area contributed by atoms with Crippen molar-refractivity contribution in [1.29, 1.82) is 0 Å². The number of fused-ring (bicyclic) bond motifs is 1. The highest BCUT2D eigenvalue weighted by Crippen LogP contribution is 2.63. The van der Waals surface area contributed by atoms with E-state index in [0.29, 0.717) is 11.8 Å². The van der Waals surface area contributed by atoms with Gasteiger partial charge in [0.15, 0.2) is 5.11 Å². The lowest BCUT2D eigenvalue weighted by molar-refractivity contribution is 0.320. The summed E-state index contributed by atoms with van der Waals surface area (Å²) in [7, 11) is 1.73. The molecule has 0 bridgehead atoms. The molecule has 1 heterocycles. The fourth-order valence-corrected chi connectivity index (χ4v) is 8.78. The molecule has 2 aromatic rings. The van der Waals surface area contributed by atoms with Crippen LogP contribution in [0, 0.1) is 5.92 Å². The Morgan fingerprint density at radius 1 is 1.12 bits per heavy atom. The Labute approximate surface area is 212 Å². The molecule has 3 atom stereocenters. The third-order valence-corrected chi connectivity index (χ3v) is 10.3. The molecule has 1 aliphatic carbocycles. The van der Waals surface area contributed by atoms with Gasteiger partial charge >= 0.3 is 0 Å². The molecule has 2 aliphatic rings. The van der Waals surface area contributed by atoms with Crippen molar-refractivity contribution in [2.24, 2.45) is 5.92 Å². The summed E-state index contributed by atoms with van der Waals surface area (Å²) >= 11 is 9.61. The molecular formula is C27H34N2OS3. The number of methoxy groups -OCH3 is 1. The molecular weight excluding hydrogens is 465 g/mol. The molecule has 2 N–H and O–H groups in total. The predicted octanol–water partition coefficient (Wildman–Crippen LogP) is 6.67. The van der Waals surface area contributed by atoms with Crippen molar-refractivity contribution in [3.8, 4) is 5.75 Å². The second-order valence-electron chi connectivity index (χ2n) is 8.60. The molecule has 0 unspecified atom stereocenters. The second kappa shape index (κ2) is 11.7. The molecule has 176 valence electrons. The molecule has 0 aromatic heterocycles. The summed E-state index contributed by atoms with van der Waals surface area (Å²) in [5.41, 5.74) is 2.73. The SMILES string of the molecule is CCNC(=S)NCCS[C@]12CCCC[C@@H]1[C@H](c1ccccc1)C=C(c1ccc(OC)cc1)S2. The smallest absolute Gasteiger partial charge is 0.166 e. The van der Waals surface area contributed by atoms with Gasteiger partial charge in [-0.15, -0.1) is 23.5 Å². The Morgan fingerprint density at radius 2 is 1.91 bits per heavy atom. The molecule has 33 heavy (non-hydrogen) atoms. The Morgan fingerprint density at radius 3 is 2.64 bits per heavy atom. The van der Waals surface area contributed by atoms with Gasteiger partial charge in [0.05, 0.1) is 11.2 Å². The minimum absolute atomic E-state index is 0.185. The molecule has 4 rings (SSSR count). The van der Waals surface area contributed by atoms with E-state index >= 15 is 0 Å². The highest BCUT2D eigenvalue weighted by Gasteiger charge is 2.48. The van der Waals surface area contributed by atoms with Crippen molar-refractivity contribution in [2.75, 3.05) is 26.0 Å². The zero-order chi connectivity index (χ0) is 23.1. The third kappa shape index (κ3) is 5.90. The molecule has 3 nitrogen and oxygen atoms in total. The number of ether oxygens (including phenoxy) is 1. The van der Waals surface area contributed by atoms with Gasteiger partial charge in [-0.1, -0.05) is 61.4 Å². The van der Waals surface area contributed by atoms with E-state index < -0.39 is 0 Å². The normalized spacial score (nSPS) is 24.4. The number of benzene rings is 2. The summed E-state index contributed by atoms with van der Waals surface area (Å²) in [6.45, 7) is 3.82. The van der Waals surface area contributed by atoms with Crippen LogP contribution in [0.4, 0.5) is 0 Å². The maximum absolute atomic E-state index is 5.40. The number of rotatable bonds is 8. The lowest BCUT2D eigenvalue weighted by Crippen LogP contribution is -2.41. The summed E-state index contributed by atoms with van der Waals surface area (Å²) in [6, 6.07) is 19.7. The number of thioether (sulfide) groups is 2. The predicted molar refractivity (Wildman–Crippen MR) is 149 cm³/mol. The standard InChI is InChI=1S/C27H34N2OS3/c1-3-28-26(31)29-17-18-32-27-16-8-7-11-24(27)23(20-9-5-4-6-10-20)19-25(33-27)21-12-14-22(30-2)15-13-21/h4-6,9-10,12-15,19,23-24H,3,7-8,11,16-18H2,1-2H3,(H2,28,29,31)/t23-,24+,27-/m0/s1. The summed E-state index contributed by atoms with van der Waals surface area (Å²) < 4.78 is 5.59. The molecule has 0 saturated heterocycles. The lowest BCUT2D eigenvalue weighted by Gasteiger charge is -2.49. The van der Waals surface area contributed by atoms with Gasteiger partial charge in [0, 0.05) is 29.7 Å². The fourth-order valence-electron chi connectivity index (χ4n) is 4.95. The molecule has 1 aliphatic heterocycles. The van der Waals surface area contributed by atoms with E-state index in [0.717, 1.165) is 29.7 Å². The largest absolute Gasteiger partial charge is 0.497 e. The first-order valence-electron chi connectivity index (χ1n) is 11.9. The molecule has 2 aromatic carbocycles. The molecule has 0 radical (unpaired) electrons. The van der Waals surface area contributed by atoms with Crippen LogP contribution in [-0.4, -0.2) is 35.1 Å². The zero-order valence-corrected chi connectivity index (χ0v) is 22.0. The molecule has 1 saturated carbocycles. The number of nitrogens with one attached hydrogen (secondary N) is 2. The second-order valence-corrected chi connectivity index (χ2v) is 12.1. The van der Waals surface area contributed by atoms with E-state index in [1.807, 2.05) is 0 Å². The van der Waals surface area contributed by atoms with Crippen LogP contribution in [0.5, 0.6) is 5.75 Å². The zero-order valence-electron chi connectivity index (χ0n) is 19.5. The van der Waals surface area contributed by atoms with Gasteiger partial charge in [0.2, 0.25) is 0 Å². The minimum Gasteiger partial charge on any atom is -0.497 e. The Kier molecular flexibility index (Phi) is 8.67. The van der Waals surface area contributed by atoms with Gasteiger partial charge in [-0.25, -0.2) is 0 Å². The molecule has 1 fully saturated rings. The van der Waals surface area contributed by atoms with Crippen molar-refractivity contribution in [3.63, 3.8) is 0 Å². The third-order valence-electron chi connectivity index (χ3n) is 6.53. The van der Waals surface area contributed by atoms with Gasteiger partial charge in [0.1, 0.15) is 5.75 Å². The minimum atomic E-state index is 0.185. The van der Waals surface area contributed by atoms with E-state index in [1.165, 1.54) is 41.7 Å². The number of allylic oxidation sites excluding steroid dienone is 1. The van der Waals surface area contributed by atoms with E-state index in [1.54, 1.807) is 7.11 Å². The van der Waals surface area contributed by atoms with Crippen molar-refractivity contribution in [2.45, 2.75) is 42.6 Å². The molecule has 0 spiro atoms. The maximum Gasteiger partial charge on any atom is 0.166 e. The first-order valence-corrected chi connectivity index (χ1v) is 14.1. The highest BCUT2D eigenvalue weighted by atomic mass is 32.2. The Hall–Kier alpha value is -1.63. The van der Waals surface area contributed by atoms with Crippen LogP contribution in [0.3, 0.4) is 0 Å². The van der Waals surface area contributed by atoms with E-state index in [9.17, 15) is 0 Å². The van der Waals surface area contributed by atoms with Gasteiger partial charge in [-0.2, -0.15) is 0 Å². The van der Waals surface area contributed by atoms with Crippen LogP contribution in [0.1, 0.15) is 49.7 Å². The van der Waals surface area contributed by atoms with Gasteiger partial charge in [-0.3, -0.25) is 0 Å². The topological polar surface area (TPSA) is 33.3 Å². The van der Waals surface area contributed by atoms with Crippen molar-refractivity contribution in [3.05, 3.63) is 71.8 Å². The van der Waals surface area contributed by atoms with Crippen LogP contribution in [0.15, 0.2) is 60.7 Å². The summed E-state index contributed by atoms with van der Waals surface area (Å²) in [6.07, 6.45) is 7.70. The van der Waals surface area contributed by atoms with Crippen LogP contribution >= 0.6 is 35.7 Å². The van der Waals surface area contributed by atoms with E-state index in [2.05, 4.69) is 102 Å². The maximum atomic E-state index is 5.40. The van der Waals surface area contributed by atoms with Crippen molar-refractivity contribution in [1.82, 2.24) is 10.6 Å². The average Bonchev–Trinajstić information content (AvgIpc) is 2.86. The number of hydrogen-bond acceptors (Lipinski definition) is 4. The first-order chi connectivity index (χ1) is 16.1. The average molecular weight is 499 g/mol. The fraction of sp³-hybridized carbons (Fsp3) is 0.444. The Balaban J connectivity index is 1.62. The number of thiocarbonyl (C=S) groups is 1. The van der Waals surface area contributed by atoms with Crippen LogP contribution < -0.4 is 15.4 Å². The quantitative estimate of drug-likeness (QED) is 0.312. The lowest BCUT2D eigenvalue weighted by atomic mass is 9.75. The summed E-state index contributed by atoms with van der Waals surface area (Å²) in [5, 5.41) is 7.32. The van der Waals surface area contributed by atoms with Crippen LogP contribution in [0.2, 0.25) is 0 Å². The number of hydrogen-bond donors (Lipinski definition) is 2. The molecule has 6 heteroatoms. The highest BCUT2D eigenvalue weighted by molar-refractivity contribution is 8.22. The Bertz CT molecular complexity index is 948. The summed E-state index contributed by atoms with van der Waals surface area (Å²) in [4.78, 5) is 1.40. The van der Waals surface area contributed by atoms with Gasteiger partial charge < -0.3 is 15.4 Å².